The van der Waals surface area contributed by atoms with Crippen molar-refractivity contribution in [2.75, 3.05) is 13.6 Å². The number of nitrogens with zero attached hydrogens (tertiary/aromatic N) is 1. The van der Waals surface area contributed by atoms with E-state index in [4.69, 9.17) is 0 Å². The quantitative estimate of drug-likeness (QED) is 0.541. The lowest BCUT2D eigenvalue weighted by molar-refractivity contribution is -0.108. The van der Waals surface area contributed by atoms with Gasteiger partial charge in [-0.05, 0) is 20.4 Å². The Bertz CT molecular complexity index is 93.3. The molecule has 2 nitrogen and oxygen atoms in total. The van der Waals surface area contributed by atoms with E-state index in [0.29, 0.717) is 12.5 Å². The molecule has 0 spiro atoms. The van der Waals surface area contributed by atoms with Crippen LogP contribution in [-0.2, 0) is 4.79 Å². The number of rotatable bonds is 5. The van der Waals surface area contributed by atoms with Crippen molar-refractivity contribution < 1.29 is 4.79 Å². The average molecular weight is 143 g/mol. The molecule has 0 radical (unpaired) electrons. The van der Waals surface area contributed by atoms with Crippen LogP contribution in [0, 0.1) is 0 Å². The monoisotopic (exact) mass is 143 g/mol. The van der Waals surface area contributed by atoms with E-state index >= 15 is 0 Å². The van der Waals surface area contributed by atoms with Crippen LogP contribution in [-0.4, -0.2) is 30.8 Å². The molecular formula is C8H17NO. The largest absolute Gasteiger partial charge is 0.303 e. The van der Waals surface area contributed by atoms with E-state index in [0.717, 1.165) is 19.3 Å². The van der Waals surface area contributed by atoms with Gasteiger partial charge in [-0.15, -0.1) is 0 Å². The smallest absolute Gasteiger partial charge is 0.121 e. The maximum atomic E-state index is 9.99. The zero-order chi connectivity index (χ0) is 7.98. The van der Waals surface area contributed by atoms with Crippen molar-refractivity contribution in [3.8, 4) is 0 Å². The molecule has 0 saturated carbocycles. The van der Waals surface area contributed by atoms with Gasteiger partial charge in [0.15, 0.2) is 0 Å². The first-order valence-electron chi connectivity index (χ1n) is 3.86. The molecule has 0 amide bonds. The molecule has 0 saturated heterocycles. The Morgan fingerprint density at radius 3 is 2.60 bits per heavy atom. The summed E-state index contributed by atoms with van der Waals surface area (Å²) in [5, 5.41) is 0. The highest BCUT2D eigenvalue weighted by atomic mass is 16.1. The van der Waals surface area contributed by atoms with Gasteiger partial charge in [0, 0.05) is 19.0 Å². The summed E-state index contributed by atoms with van der Waals surface area (Å²) in [6, 6.07) is 0.597. The zero-order valence-corrected chi connectivity index (χ0v) is 7.13. The Balaban J connectivity index is 3.40. The summed E-state index contributed by atoms with van der Waals surface area (Å²) in [5.74, 6) is 0. The predicted molar refractivity (Wildman–Crippen MR) is 43.1 cm³/mol. The topological polar surface area (TPSA) is 20.3 Å². The van der Waals surface area contributed by atoms with Crippen LogP contribution in [0.2, 0.25) is 0 Å². The molecule has 0 rings (SSSR count). The van der Waals surface area contributed by atoms with Gasteiger partial charge in [0.2, 0.25) is 0 Å². The first-order chi connectivity index (χ1) is 4.72. The molecule has 0 aliphatic carbocycles. The summed E-state index contributed by atoms with van der Waals surface area (Å²) in [6.07, 6.45) is 2.77. The number of aldehydes is 1. The fourth-order valence-electron chi connectivity index (χ4n) is 0.788. The van der Waals surface area contributed by atoms with Gasteiger partial charge in [0.05, 0.1) is 0 Å². The molecule has 60 valence electrons. The van der Waals surface area contributed by atoms with Crippen LogP contribution < -0.4 is 0 Å². The Morgan fingerprint density at radius 2 is 2.20 bits per heavy atom. The van der Waals surface area contributed by atoms with Gasteiger partial charge in [0.25, 0.3) is 0 Å². The molecule has 0 aliphatic heterocycles. The normalized spacial score (nSPS) is 13.6. The molecule has 0 fully saturated rings. The minimum atomic E-state index is 0.597. The molecule has 0 aromatic heterocycles. The highest BCUT2D eigenvalue weighted by Gasteiger charge is 2.04. The summed E-state index contributed by atoms with van der Waals surface area (Å²) >= 11 is 0. The van der Waals surface area contributed by atoms with E-state index in [1.165, 1.54) is 0 Å². The van der Waals surface area contributed by atoms with Crippen molar-refractivity contribution in [2.45, 2.75) is 32.7 Å². The van der Waals surface area contributed by atoms with E-state index < -0.39 is 0 Å². The van der Waals surface area contributed by atoms with Crippen LogP contribution in [0.15, 0.2) is 0 Å². The molecule has 0 bridgehead atoms. The van der Waals surface area contributed by atoms with Crippen molar-refractivity contribution in [2.24, 2.45) is 0 Å². The molecule has 1 unspecified atom stereocenters. The number of hydrogen-bond donors (Lipinski definition) is 0. The second kappa shape index (κ2) is 5.42. The lowest BCUT2D eigenvalue weighted by atomic mass is 10.2. The molecule has 10 heavy (non-hydrogen) atoms. The summed E-state index contributed by atoms with van der Waals surface area (Å²) in [7, 11) is 2.05. The third-order valence-electron chi connectivity index (χ3n) is 1.94. The van der Waals surface area contributed by atoms with Crippen LogP contribution in [0.25, 0.3) is 0 Å². The highest BCUT2D eigenvalue weighted by molar-refractivity contribution is 5.49. The lowest BCUT2D eigenvalue weighted by Gasteiger charge is -2.21. The summed E-state index contributed by atoms with van der Waals surface area (Å²) in [5.41, 5.74) is 0. The Morgan fingerprint density at radius 1 is 1.60 bits per heavy atom. The fourth-order valence-corrected chi connectivity index (χ4v) is 0.788. The maximum absolute atomic E-state index is 9.99. The van der Waals surface area contributed by atoms with E-state index in [2.05, 4.69) is 25.8 Å². The Hall–Kier alpha value is -0.370. The molecule has 1 atom stereocenters. The van der Waals surface area contributed by atoms with Crippen LogP contribution in [0.1, 0.15) is 26.7 Å². The number of carbonyl (C=O) groups excluding carboxylic acids is 1. The second-order valence-corrected chi connectivity index (χ2v) is 2.69. The van der Waals surface area contributed by atoms with Gasteiger partial charge < -0.3 is 9.69 Å². The third-order valence-corrected chi connectivity index (χ3v) is 1.94. The molecule has 0 heterocycles. The predicted octanol–water partition coefficient (Wildman–Crippen LogP) is 1.31. The van der Waals surface area contributed by atoms with Crippen molar-refractivity contribution in [3.05, 3.63) is 0 Å². The van der Waals surface area contributed by atoms with Crippen LogP contribution in [0.4, 0.5) is 0 Å². The molecule has 2 heteroatoms. The number of carbonyl (C=O) groups is 1. The van der Waals surface area contributed by atoms with Crippen LogP contribution in [0.3, 0.4) is 0 Å². The van der Waals surface area contributed by atoms with Crippen LogP contribution >= 0.6 is 0 Å². The minimum absolute atomic E-state index is 0.597. The Kier molecular flexibility index (Phi) is 5.22. The van der Waals surface area contributed by atoms with E-state index in [9.17, 15) is 4.79 Å². The fraction of sp³-hybridized carbons (Fsp3) is 0.875. The zero-order valence-electron chi connectivity index (χ0n) is 7.13. The van der Waals surface area contributed by atoms with Crippen molar-refractivity contribution in [3.63, 3.8) is 0 Å². The van der Waals surface area contributed by atoms with Crippen LogP contribution in [0.5, 0.6) is 0 Å². The van der Waals surface area contributed by atoms with Crippen molar-refractivity contribution in [1.82, 2.24) is 4.90 Å². The lowest BCUT2D eigenvalue weighted by Crippen LogP contribution is -2.29. The Labute approximate surface area is 63.2 Å². The molecule has 0 aromatic carbocycles. The molecule has 0 aliphatic rings. The first kappa shape index (κ1) is 9.63. The summed E-state index contributed by atoms with van der Waals surface area (Å²) in [6.45, 7) is 5.21. The van der Waals surface area contributed by atoms with Gasteiger partial charge in [-0.2, -0.15) is 0 Å². The standard InChI is InChI=1S/C8H17NO/c1-4-8(2)9(3)6-5-7-10/h7-8H,4-6H2,1-3H3. The van der Waals surface area contributed by atoms with Gasteiger partial charge in [-0.25, -0.2) is 0 Å². The van der Waals surface area contributed by atoms with Crippen molar-refractivity contribution >= 4 is 6.29 Å². The van der Waals surface area contributed by atoms with Crippen molar-refractivity contribution in [1.29, 1.82) is 0 Å². The van der Waals surface area contributed by atoms with E-state index in [1.54, 1.807) is 0 Å². The van der Waals surface area contributed by atoms with E-state index in [-0.39, 0.29) is 0 Å². The summed E-state index contributed by atoms with van der Waals surface area (Å²) < 4.78 is 0. The van der Waals surface area contributed by atoms with E-state index in [1.807, 2.05) is 0 Å². The SMILES string of the molecule is CCC(C)N(C)CCC=O. The molecule has 0 aromatic rings. The minimum Gasteiger partial charge on any atom is -0.303 e. The van der Waals surface area contributed by atoms with Gasteiger partial charge in [0.1, 0.15) is 6.29 Å². The summed E-state index contributed by atoms with van der Waals surface area (Å²) in [4.78, 5) is 12.2. The third kappa shape index (κ3) is 3.62. The highest BCUT2D eigenvalue weighted by Crippen LogP contribution is 1.99. The van der Waals surface area contributed by atoms with Gasteiger partial charge in [-0.1, -0.05) is 6.92 Å². The number of hydrogen-bond acceptors (Lipinski definition) is 2. The molecular weight excluding hydrogens is 126 g/mol. The first-order valence-corrected chi connectivity index (χ1v) is 3.86. The molecule has 0 N–H and O–H groups in total. The average Bonchev–Trinajstić information content (AvgIpc) is 1.98. The van der Waals surface area contributed by atoms with Gasteiger partial charge >= 0.3 is 0 Å². The second-order valence-electron chi connectivity index (χ2n) is 2.69. The maximum Gasteiger partial charge on any atom is 0.121 e. The van der Waals surface area contributed by atoms with Gasteiger partial charge in [-0.3, -0.25) is 0 Å².